The van der Waals surface area contributed by atoms with E-state index in [9.17, 15) is 4.79 Å². The molecular weight excluding hydrogens is 378 g/mol. The fraction of sp³-hybridized carbons (Fsp3) is 0.261. The number of hydrogen-bond acceptors (Lipinski definition) is 6. The summed E-state index contributed by atoms with van der Waals surface area (Å²) in [6.45, 7) is 0.208. The standard InChI is InChI=1S/C23H25N5O2/c1-26-22(15-4-2-7-17(10-15)30-16-5-3-6-16)20(12-24)14-8-9-18-19(11-14)21(13-25)27-28-23(18)29/h2,4,7-12,16,24,26H,3,5-6,13,25H2,1H3,(H,28,29)/b22-20+,24-12?. The van der Waals surface area contributed by atoms with Crippen LogP contribution in [0.5, 0.6) is 5.75 Å². The number of nitrogens with one attached hydrogen (secondary N) is 3. The quantitative estimate of drug-likeness (QED) is 0.357. The summed E-state index contributed by atoms with van der Waals surface area (Å²) in [5, 5.41) is 19.1. The van der Waals surface area contributed by atoms with Crippen molar-refractivity contribution in [2.75, 3.05) is 7.05 Å². The predicted octanol–water partition coefficient (Wildman–Crippen LogP) is 3.05. The predicted molar refractivity (Wildman–Crippen MR) is 120 cm³/mol. The molecule has 0 aliphatic heterocycles. The van der Waals surface area contributed by atoms with E-state index in [1.54, 1.807) is 6.07 Å². The molecule has 4 rings (SSSR count). The van der Waals surface area contributed by atoms with E-state index in [-0.39, 0.29) is 12.1 Å². The van der Waals surface area contributed by atoms with Crippen LogP contribution in [0.2, 0.25) is 0 Å². The molecule has 1 aliphatic carbocycles. The van der Waals surface area contributed by atoms with Crippen LogP contribution in [0.15, 0.2) is 47.3 Å². The van der Waals surface area contributed by atoms with Gasteiger partial charge in [0.2, 0.25) is 0 Å². The maximum absolute atomic E-state index is 12.1. The minimum absolute atomic E-state index is 0.208. The largest absolute Gasteiger partial charge is 0.490 e. The van der Waals surface area contributed by atoms with Gasteiger partial charge in [-0.2, -0.15) is 5.10 Å². The van der Waals surface area contributed by atoms with Gasteiger partial charge >= 0.3 is 0 Å². The van der Waals surface area contributed by atoms with Crippen LogP contribution in [0.25, 0.3) is 22.0 Å². The molecule has 0 amide bonds. The molecule has 3 aromatic rings. The van der Waals surface area contributed by atoms with Crippen LogP contribution in [0.3, 0.4) is 0 Å². The van der Waals surface area contributed by atoms with E-state index in [0.29, 0.717) is 28.1 Å². The van der Waals surface area contributed by atoms with Gasteiger partial charge in [0.1, 0.15) is 5.75 Å². The second-order valence-corrected chi connectivity index (χ2v) is 7.35. The summed E-state index contributed by atoms with van der Waals surface area (Å²) in [5.41, 5.74) is 9.38. The van der Waals surface area contributed by atoms with Crippen LogP contribution in [0, 0.1) is 5.41 Å². The minimum atomic E-state index is -0.260. The van der Waals surface area contributed by atoms with Crippen molar-refractivity contribution < 1.29 is 4.74 Å². The molecule has 0 spiro atoms. The van der Waals surface area contributed by atoms with Crippen molar-refractivity contribution >= 4 is 28.3 Å². The van der Waals surface area contributed by atoms with E-state index < -0.39 is 0 Å². The Morgan fingerprint density at radius 2 is 2.10 bits per heavy atom. The topological polar surface area (TPSA) is 117 Å². The molecule has 0 atom stereocenters. The first-order chi connectivity index (χ1) is 14.6. The molecule has 1 heterocycles. The Hall–Kier alpha value is -3.45. The number of nitrogens with zero attached hydrogens (tertiary/aromatic N) is 1. The van der Waals surface area contributed by atoms with Gasteiger partial charge in [0.15, 0.2) is 0 Å². The number of fused-ring (bicyclic) bond motifs is 1. The van der Waals surface area contributed by atoms with Crippen molar-refractivity contribution in [3.05, 3.63) is 69.6 Å². The Kier molecular flexibility index (Phi) is 5.63. The molecule has 1 aromatic heterocycles. The fourth-order valence-electron chi connectivity index (χ4n) is 3.68. The Bertz CT molecular complexity index is 1180. The monoisotopic (exact) mass is 403 g/mol. The van der Waals surface area contributed by atoms with Gasteiger partial charge in [-0.25, -0.2) is 5.10 Å². The van der Waals surface area contributed by atoms with Gasteiger partial charge in [-0.1, -0.05) is 18.2 Å². The average Bonchev–Trinajstić information content (AvgIpc) is 2.75. The highest BCUT2D eigenvalue weighted by atomic mass is 16.5. The third kappa shape index (κ3) is 3.71. The van der Waals surface area contributed by atoms with Crippen molar-refractivity contribution in [2.45, 2.75) is 31.9 Å². The lowest BCUT2D eigenvalue weighted by Gasteiger charge is -2.26. The molecule has 5 N–H and O–H groups in total. The molecule has 0 radical (unpaired) electrons. The Morgan fingerprint density at radius 1 is 1.27 bits per heavy atom. The first-order valence-corrected chi connectivity index (χ1v) is 10.1. The van der Waals surface area contributed by atoms with Crippen molar-refractivity contribution in [3.8, 4) is 5.75 Å². The van der Waals surface area contributed by atoms with Gasteiger partial charge in [0, 0.05) is 36.3 Å². The highest BCUT2D eigenvalue weighted by molar-refractivity contribution is 6.18. The zero-order chi connectivity index (χ0) is 21.1. The number of ether oxygens (including phenoxy) is 1. The number of hydrogen-bond donors (Lipinski definition) is 4. The molecule has 0 saturated heterocycles. The van der Waals surface area contributed by atoms with Crippen LogP contribution >= 0.6 is 0 Å². The van der Waals surface area contributed by atoms with Gasteiger partial charge in [-0.05, 0) is 49.1 Å². The summed E-state index contributed by atoms with van der Waals surface area (Å²) in [7, 11) is 1.83. The highest BCUT2D eigenvalue weighted by Crippen LogP contribution is 2.30. The fourth-order valence-corrected chi connectivity index (χ4v) is 3.68. The second-order valence-electron chi connectivity index (χ2n) is 7.35. The molecule has 30 heavy (non-hydrogen) atoms. The lowest BCUT2D eigenvalue weighted by atomic mass is 9.96. The number of allylic oxidation sites excluding steroid dienone is 1. The Balaban J connectivity index is 1.81. The third-order valence-electron chi connectivity index (χ3n) is 5.51. The summed E-state index contributed by atoms with van der Waals surface area (Å²) in [6, 6.07) is 13.3. The molecule has 0 unspecified atom stereocenters. The first kappa shape index (κ1) is 19.8. The molecule has 1 saturated carbocycles. The number of H-pyrrole nitrogens is 1. The van der Waals surface area contributed by atoms with Crippen LogP contribution in [-0.4, -0.2) is 29.6 Å². The van der Waals surface area contributed by atoms with Gasteiger partial charge < -0.3 is 21.2 Å². The van der Waals surface area contributed by atoms with E-state index in [4.69, 9.17) is 15.9 Å². The van der Waals surface area contributed by atoms with E-state index in [1.165, 1.54) is 12.6 Å². The molecule has 0 bridgehead atoms. The molecular formula is C23H25N5O2. The van der Waals surface area contributed by atoms with Crippen LogP contribution < -0.4 is 21.3 Å². The summed E-state index contributed by atoms with van der Waals surface area (Å²) in [4.78, 5) is 12.1. The normalized spacial score (nSPS) is 14.7. The smallest absolute Gasteiger partial charge is 0.272 e. The SMILES string of the molecule is CN/C(=C(\C=N)c1ccc2c(=O)[nH]nc(CN)c2c1)c1cccc(OC2CCC2)c1. The number of aromatic amines is 1. The van der Waals surface area contributed by atoms with E-state index in [1.807, 2.05) is 43.4 Å². The van der Waals surface area contributed by atoms with Gasteiger partial charge in [0.05, 0.1) is 22.9 Å². The van der Waals surface area contributed by atoms with Crippen LogP contribution in [0.1, 0.15) is 36.1 Å². The number of benzene rings is 2. The van der Waals surface area contributed by atoms with Gasteiger partial charge in [-0.15, -0.1) is 0 Å². The highest BCUT2D eigenvalue weighted by Gasteiger charge is 2.19. The molecule has 7 heteroatoms. The number of rotatable bonds is 7. The van der Waals surface area contributed by atoms with Crippen molar-refractivity contribution in [3.63, 3.8) is 0 Å². The molecule has 1 aliphatic rings. The first-order valence-electron chi connectivity index (χ1n) is 10.1. The molecule has 2 aromatic carbocycles. The minimum Gasteiger partial charge on any atom is -0.490 e. The number of aromatic nitrogens is 2. The van der Waals surface area contributed by atoms with E-state index >= 15 is 0 Å². The zero-order valence-electron chi connectivity index (χ0n) is 16.9. The van der Waals surface area contributed by atoms with E-state index in [2.05, 4.69) is 15.5 Å². The molecule has 154 valence electrons. The lowest BCUT2D eigenvalue weighted by molar-refractivity contribution is 0.120. The Labute approximate surface area is 174 Å². The summed E-state index contributed by atoms with van der Waals surface area (Å²) in [6.07, 6.45) is 5.02. The van der Waals surface area contributed by atoms with Crippen molar-refractivity contribution in [1.29, 1.82) is 5.41 Å². The summed E-state index contributed by atoms with van der Waals surface area (Å²) < 4.78 is 6.04. The Morgan fingerprint density at radius 3 is 2.77 bits per heavy atom. The van der Waals surface area contributed by atoms with Gasteiger partial charge in [0.25, 0.3) is 5.56 Å². The molecule has 1 fully saturated rings. The zero-order valence-corrected chi connectivity index (χ0v) is 16.9. The van der Waals surface area contributed by atoms with Crippen molar-refractivity contribution in [2.24, 2.45) is 5.73 Å². The second kappa shape index (κ2) is 8.51. The van der Waals surface area contributed by atoms with E-state index in [0.717, 1.165) is 35.4 Å². The van der Waals surface area contributed by atoms with Crippen LogP contribution in [0.4, 0.5) is 0 Å². The third-order valence-corrected chi connectivity index (χ3v) is 5.51. The number of nitrogens with two attached hydrogens (primary N) is 1. The van der Waals surface area contributed by atoms with Gasteiger partial charge in [-0.3, -0.25) is 4.79 Å². The van der Waals surface area contributed by atoms with Crippen LogP contribution in [-0.2, 0) is 6.54 Å². The maximum Gasteiger partial charge on any atom is 0.272 e. The lowest BCUT2D eigenvalue weighted by Crippen LogP contribution is -2.24. The molecule has 7 nitrogen and oxygen atoms in total. The average molecular weight is 403 g/mol. The summed E-state index contributed by atoms with van der Waals surface area (Å²) >= 11 is 0. The summed E-state index contributed by atoms with van der Waals surface area (Å²) in [5.74, 6) is 0.828. The maximum atomic E-state index is 12.1. The van der Waals surface area contributed by atoms with Crippen molar-refractivity contribution in [1.82, 2.24) is 15.5 Å².